The molecule has 2 fully saturated rings. The summed E-state index contributed by atoms with van der Waals surface area (Å²) in [7, 11) is 0. The van der Waals surface area contributed by atoms with Crippen LogP contribution < -0.4 is 10.6 Å². The molecular formula is C20H29N3O2. The summed E-state index contributed by atoms with van der Waals surface area (Å²) in [5.74, 6) is 0.579. The number of likely N-dealkylation sites (tertiary alicyclic amines) is 1. The minimum atomic E-state index is 0.0858. The lowest BCUT2D eigenvalue weighted by Gasteiger charge is -2.23. The number of carbonyl (C=O) groups is 2. The van der Waals surface area contributed by atoms with Gasteiger partial charge in [-0.15, -0.1) is 0 Å². The van der Waals surface area contributed by atoms with Gasteiger partial charge in [0.25, 0.3) is 0 Å². The first-order valence-electron chi connectivity index (χ1n) is 9.57. The molecule has 1 aromatic carbocycles. The van der Waals surface area contributed by atoms with Crippen molar-refractivity contribution < 1.29 is 9.59 Å². The first kappa shape index (κ1) is 17.8. The van der Waals surface area contributed by atoms with Crippen molar-refractivity contribution in [3.05, 3.63) is 24.3 Å². The van der Waals surface area contributed by atoms with Crippen LogP contribution in [0.15, 0.2) is 24.3 Å². The summed E-state index contributed by atoms with van der Waals surface area (Å²) in [5, 5.41) is 6.32. The molecule has 1 aliphatic carbocycles. The Bertz CT molecular complexity index is 587. The van der Waals surface area contributed by atoms with E-state index in [-0.39, 0.29) is 23.8 Å². The Balaban J connectivity index is 1.45. The summed E-state index contributed by atoms with van der Waals surface area (Å²) in [4.78, 5) is 26.2. The van der Waals surface area contributed by atoms with Crippen molar-refractivity contribution in [2.24, 2.45) is 5.92 Å². The van der Waals surface area contributed by atoms with E-state index in [9.17, 15) is 9.59 Å². The molecule has 5 heteroatoms. The Labute approximate surface area is 150 Å². The molecule has 25 heavy (non-hydrogen) atoms. The van der Waals surface area contributed by atoms with Crippen LogP contribution in [0.25, 0.3) is 0 Å². The highest BCUT2D eigenvalue weighted by molar-refractivity contribution is 5.94. The molecule has 3 rings (SSSR count). The number of hydrogen-bond acceptors (Lipinski definition) is 3. The maximum atomic E-state index is 12.4. The minimum absolute atomic E-state index is 0.0858. The molecule has 1 saturated carbocycles. The number of anilines is 2. The number of carbonyl (C=O) groups excluding carboxylic acids is 2. The normalized spacial score (nSPS) is 19.0. The standard InChI is InChI=1S/C20H29N3O2/c1-15(14-19(24)23-12-4-2-3-5-13-23)21-17-8-10-18(11-9-17)22-20(25)16-6-7-16/h8-11,15-16,21H,2-7,12-14H2,1H3,(H,22,25)/t15-/m0/s1. The van der Waals surface area contributed by atoms with Gasteiger partial charge in [0.05, 0.1) is 0 Å². The van der Waals surface area contributed by atoms with Crippen molar-refractivity contribution in [1.82, 2.24) is 4.90 Å². The van der Waals surface area contributed by atoms with E-state index < -0.39 is 0 Å². The molecule has 2 N–H and O–H groups in total. The van der Waals surface area contributed by atoms with Gasteiger partial charge >= 0.3 is 0 Å². The molecule has 1 atom stereocenters. The summed E-state index contributed by atoms with van der Waals surface area (Å²) in [6.07, 6.45) is 7.26. The predicted octanol–water partition coefficient (Wildman–Crippen LogP) is 3.63. The molecule has 1 aliphatic heterocycles. The lowest BCUT2D eigenvalue weighted by atomic mass is 10.2. The van der Waals surface area contributed by atoms with Crippen LogP contribution in [0.4, 0.5) is 11.4 Å². The van der Waals surface area contributed by atoms with Crippen LogP contribution in [0.2, 0.25) is 0 Å². The van der Waals surface area contributed by atoms with E-state index in [1.165, 1.54) is 12.8 Å². The van der Waals surface area contributed by atoms with Gasteiger partial charge in [0, 0.05) is 42.8 Å². The monoisotopic (exact) mass is 343 g/mol. The van der Waals surface area contributed by atoms with E-state index in [0.717, 1.165) is 50.1 Å². The molecule has 136 valence electrons. The number of amides is 2. The van der Waals surface area contributed by atoms with E-state index in [4.69, 9.17) is 0 Å². The minimum Gasteiger partial charge on any atom is -0.382 e. The van der Waals surface area contributed by atoms with E-state index in [2.05, 4.69) is 10.6 Å². The summed E-state index contributed by atoms with van der Waals surface area (Å²) in [6, 6.07) is 7.81. The fraction of sp³-hybridized carbons (Fsp3) is 0.600. The molecule has 2 amide bonds. The number of benzene rings is 1. The van der Waals surface area contributed by atoms with Gasteiger partial charge < -0.3 is 15.5 Å². The SMILES string of the molecule is C[C@@H](CC(=O)N1CCCCCC1)Nc1ccc(NC(=O)C2CC2)cc1. The van der Waals surface area contributed by atoms with Gasteiger partial charge in [-0.05, 0) is 56.9 Å². The average Bonchev–Trinajstić information content (AvgIpc) is 3.43. The van der Waals surface area contributed by atoms with Crippen LogP contribution in [-0.2, 0) is 9.59 Å². The summed E-state index contributed by atoms with van der Waals surface area (Å²) in [6.45, 7) is 3.85. The lowest BCUT2D eigenvalue weighted by molar-refractivity contribution is -0.131. The largest absolute Gasteiger partial charge is 0.382 e. The Morgan fingerprint density at radius 3 is 2.24 bits per heavy atom. The van der Waals surface area contributed by atoms with Gasteiger partial charge in [-0.3, -0.25) is 9.59 Å². The average molecular weight is 343 g/mol. The number of rotatable bonds is 6. The zero-order valence-electron chi connectivity index (χ0n) is 15.1. The highest BCUT2D eigenvalue weighted by Gasteiger charge is 2.29. The van der Waals surface area contributed by atoms with Crippen LogP contribution >= 0.6 is 0 Å². The van der Waals surface area contributed by atoms with Crippen molar-refractivity contribution in [3.8, 4) is 0 Å². The maximum absolute atomic E-state index is 12.4. The van der Waals surface area contributed by atoms with E-state index in [1.54, 1.807) is 0 Å². The number of nitrogens with zero attached hydrogens (tertiary/aromatic N) is 1. The van der Waals surface area contributed by atoms with Crippen molar-refractivity contribution in [1.29, 1.82) is 0 Å². The third kappa shape index (κ3) is 5.48. The molecular weight excluding hydrogens is 314 g/mol. The molecule has 0 radical (unpaired) electrons. The second-order valence-corrected chi connectivity index (χ2v) is 7.39. The van der Waals surface area contributed by atoms with Gasteiger partial charge in [0.1, 0.15) is 0 Å². The first-order valence-corrected chi connectivity index (χ1v) is 9.57. The van der Waals surface area contributed by atoms with Gasteiger partial charge in [-0.25, -0.2) is 0 Å². The zero-order chi connectivity index (χ0) is 17.6. The molecule has 0 bridgehead atoms. The van der Waals surface area contributed by atoms with E-state index in [0.29, 0.717) is 6.42 Å². The molecule has 0 aromatic heterocycles. The Morgan fingerprint density at radius 2 is 1.64 bits per heavy atom. The van der Waals surface area contributed by atoms with Crippen LogP contribution in [0.3, 0.4) is 0 Å². The second kappa shape index (κ2) is 8.37. The Morgan fingerprint density at radius 1 is 1.04 bits per heavy atom. The van der Waals surface area contributed by atoms with Crippen molar-refractivity contribution in [2.45, 2.75) is 57.9 Å². The van der Waals surface area contributed by atoms with Crippen LogP contribution in [-0.4, -0.2) is 35.8 Å². The van der Waals surface area contributed by atoms with Crippen molar-refractivity contribution in [3.63, 3.8) is 0 Å². The topological polar surface area (TPSA) is 61.4 Å². The third-order valence-electron chi connectivity index (χ3n) is 4.95. The predicted molar refractivity (Wildman–Crippen MR) is 101 cm³/mol. The van der Waals surface area contributed by atoms with Crippen LogP contribution in [0, 0.1) is 5.92 Å². The van der Waals surface area contributed by atoms with Gasteiger partial charge in [0.15, 0.2) is 0 Å². The van der Waals surface area contributed by atoms with Crippen LogP contribution in [0.5, 0.6) is 0 Å². The fourth-order valence-electron chi connectivity index (χ4n) is 3.29. The fourth-order valence-corrected chi connectivity index (χ4v) is 3.29. The molecule has 0 spiro atoms. The highest BCUT2D eigenvalue weighted by Crippen LogP contribution is 2.30. The smallest absolute Gasteiger partial charge is 0.227 e. The maximum Gasteiger partial charge on any atom is 0.227 e. The molecule has 5 nitrogen and oxygen atoms in total. The first-order chi connectivity index (χ1) is 12.1. The molecule has 1 aromatic rings. The Hall–Kier alpha value is -2.04. The quantitative estimate of drug-likeness (QED) is 0.829. The van der Waals surface area contributed by atoms with Gasteiger partial charge in [-0.1, -0.05) is 12.8 Å². The summed E-state index contributed by atoms with van der Waals surface area (Å²) >= 11 is 0. The zero-order valence-corrected chi connectivity index (χ0v) is 15.1. The number of nitrogens with one attached hydrogen (secondary N) is 2. The highest BCUT2D eigenvalue weighted by atomic mass is 16.2. The van der Waals surface area contributed by atoms with E-state index in [1.807, 2.05) is 36.1 Å². The van der Waals surface area contributed by atoms with Crippen LogP contribution in [0.1, 0.15) is 51.9 Å². The summed E-state index contributed by atoms with van der Waals surface area (Å²) < 4.78 is 0. The second-order valence-electron chi connectivity index (χ2n) is 7.39. The van der Waals surface area contributed by atoms with Gasteiger partial charge in [-0.2, -0.15) is 0 Å². The lowest BCUT2D eigenvalue weighted by Crippen LogP contribution is -2.35. The molecule has 2 aliphatic rings. The van der Waals surface area contributed by atoms with Crippen molar-refractivity contribution in [2.75, 3.05) is 23.7 Å². The summed E-state index contributed by atoms with van der Waals surface area (Å²) in [5.41, 5.74) is 1.80. The van der Waals surface area contributed by atoms with Gasteiger partial charge in [0.2, 0.25) is 11.8 Å². The molecule has 1 saturated heterocycles. The number of hydrogen-bond donors (Lipinski definition) is 2. The van der Waals surface area contributed by atoms with Crippen molar-refractivity contribution >= 4 is 23.2 Å². The Kier molecular flexibility index (Phi) is 5.95. The third-order valence-corrected chi connectivity index (χ3v) is 4.95. The molecule has 1 heterocycles. The van der Waals surface area contributed by atoms with E-state index >= 15 is 0 Å². The molecule has 0 unspecified atom stereocenters.